The fraction of sp³-hybridized carbons (Fsp3) is 0.316. The number of carbonyl (C=O) groups excluding carboxylic acids is 1. The average molecular weight is 280 g/mol. The van der Waals surface area contributed by atoms with Crippen molar-refractivity contribution in [3.05, 3.63) is 65.2 Å². The minimum atomic E-state index is -0.558. The normalized spacial score (nSPS) is 14.2. The Morgan fingerprint density at radius 2 is 1.81 bits per heavy atom. The van der Waals surface area contributed by atoms with Gasteiger partial charge in [-0.05, 0) is 43.9 Å². The molecule has 0 N–H and O–H groups in total. The molecular formula is C19H20O2. The van der Waals surface area contributed by atoms with Gasteiger partial charge in [-0.3, -0.25) is 4.79 Å². The lowest BCUT2D eigenvalue weighted by molar-refractivity contribution is 0.0903. The Kier molecular flexibility index (Phi) is 3.54. The highest BCUT2D eigenvalue weighted by atomic mass is 16.5. The van der Waals surface area contributed by atoms with Crippen molar-refractivity contribution in [1.82, 2.24) is 0 Å². The van der Waals surface area contributed by atoms with E-state index in [0.717, 1.165) is 29.7 Å². The van der Waals surface area contributed by atoms with Gasteiger partial charge in [0.15, 0.2) is 5.78 Å². The molecule has 2 heteroatoms. The molecule has 1 aliphatic rings. The van der Waals surface area contributed by atoms with Crippen LogP contribution in [0.3, 0.4) is 0 Å². The van der Waals surface area contributed by atoms with Crippen LogP contribution in [0.25, 0.3) is 0 Å². The topological polar surface area (TPSA) is 26.3 Å². The lowest BCUT2D eigenvalue weighted by Crippen LogP contribution is -2.30. The second kappa shape index (κ2) is 5.36. The zero-order valence-corrected chi connectivity index (χ0v) is 12.6. The van der Waals surface area contributed by atoms with Gasteiger partial charge in [-0.25, -0.2) is 0 Å². The standard InChI is InChI=1S/C19H20O2/c1-19(2,15-10-4-3-5-11-15)18(20)16-12-6-8-14-9-7-13-21-17(14)16/h3-6,8,10-12H,7,9,13H2,1-2H3. The fourth-order valence-electron chi connectivity index (χ4n) is 2.89. The van der Waals surface area contributed by atoms with Crippen LogP contribution < -0.4 is 4.74 Å². The number of aryl methyl sites for hydroxylation is 1. The van der Waals surface area contributed by atoms with Crippen molar-refractivity contribution < 1.29 is 9.53 Å². The second-order valence-electron chi connectivity index (χ2n) is 6.07. The maximum absolute atomic E-state index is 13.1. The number of fused-ring (bicyclic) bond motifs is 1. The Bertz CT molecular complexity index is 657. The Labute approximate surface area is 125 Å². The molecule has 0 bridgehead atoms. The Morgan fingerprint density at radius 1 is 1.05 bits per heavy atom. The number of ether oxygens (including phenoxy) is 1. The van der Waals surface area contributed by atoms with Crippen molar-refractivity contribution in [2.75, 3.05) is 6.61 Å². The molecule has 0 aliphatic carbocycles. The van der Waals surface area contributed by atoms with Crippen LogP contribution in [0, 0.1) is 0 Å². The first-order chi connectivity index (χ1) is 10.1. The van der Waals surface area contributed by atoms with Gasteiger partial charge in [-0.1, -0.05) is 42.5 Å². The average Bonchev–Trinajstić information content (AvgIpc) is 2.54. The maximum atomic E-state index is 13.1. The van der Waals surface area contributed by atoms with Gasteiger partial charge >= 0.3 is 0 Å². The van der Waals surface area contributed by atoms with Crippen molar-refractivity contribution in [3.8, 4) is 5.75 Å². The van der Waals surface area contributed by atoms with Crippen LogP contribution in [0.4, 0.5) is 0 Å². The van der Waals surface area contributed by atoms with Crippen LogP contribution in [-0.4, -0.2) is 12.4 Å². The molecule has 0 fully saturated rings. The zero-order chi connectivity index (χ0) is 14.9. The van der Waals surface area contributed by atoms with Gasteiger partial charge in [0, 0.05) is 0 Å². The van der Waals surface area contributed by atoms with Crippen LogP contribution in [0.15, 0.2) is 48.5 Å². The number of Topliss-reactive ketones (excluding diaryl/α,β-unsaturated/α-hetero) is 1. The number of hydrogen-bond acceptors (Lipinski definition) is 2. The second-order valence-corrected chi connectivity index (χ2v) is 6.07. The summed E-state index contributed by atoms with van der Waals surface area (Å²) in [5, 5.41) is 0. The molecule has 1 aliphatic heterocycles. The Morgan fingerprint density at radius 3 is 2.57 bits per heavy atom. The summed E-state index contributed by atoms with van der Waals surface area (Å²) in [6.07, 6.45) is 2.01. The van der Waals surface area contributed by atoms with E-state index in [4.69, 9.17) is 4.74 Å². The molecule has 0 amide bonds. The summed E-state index contributed by atoms with van der Waals surface area (Å²) < 4.78 is 5.79. The van der Waals surface area contributed by atoms with E-state index in [1.54, 1.807) is 0 Å². The molecule has 0 saturated heterocycles. The predicted octanol–water partition coefficient (Wildman–Crippen LogP) is 4.17. The van der Waals surface area contributed by atoms with Gasteiger partial charge in [0.25, 0.3) is 0 Å². The Hall–Kier alpha value is -2.09. The number of carbonyl (C=O) groups is 1. The minimum absolute atomic E-state index is 0.118. The smallest absolute Gasteiger partial charge is 0.176 e. The van der Waals surface area contributed by atoms with Crippen LogP contribution in [0.1, 0.15) is 41.8 Å². The lowest BCUT2D eigenvalue weighted by Gasteiger charge is -2.27. The number of benzene rings is 2. The molecule has 0 atom stereocenters. The number of rotatable bonds is 3. The highest BCUT2D eigenvalue weighted by Crippen LogP contribution is 2.35. The molecule has 0 saturated carbocycles. The van der Waals surface area contributed by atoms with Crippen LogP contribution in [-0.2, 0) is 11.8 Å². The van der Waals surface area contributed by atoms with Gasteiger partial charge in [0.2, 0.25) is 0 Å². The minimum Gasteiger partial charge on any atom is -0.493 e. The van der Waals surface area contributed by atoms with Crippen molar-refractivity contribution >= 4 is 5.78 Å². The molecule has 2 aromatic carbocycles. The van der Waals surface area contributed by atoms with E-state index < -0.39 is 5.41 Å². The van der Waals surface area contributed by atoms with Gasteiger partial charge in [-0.2, -0.15) is 0 Å². The molecule has 0 unspecified atom stereocenters. The van der Waals surface area contributed by atoms with E-state index in [9.17, 15) is 4.79 Å². The molecule has 0 spiro atoms. The maximum Gasteiger partial charge on any atom is 0.176 e. The third kappa shape index (κ3) is 2.46. The van der Waals surface area contributed by atoms with E-state index >= 15 is 0 Å². The fourth-order valence-corrected chi connectivity index (χ4v) is 2.89. The van der Waals surface area contributed by atoms with E-state index in [1.165, 1.54) is 0 Å². The third-order valence-corrected chi connectivity index (χ3v) is 4.24. The monoisotopic (exact) mass is 280 g/mol. The van der Waals surface area contributed by atoms with Gasteiger partial charge < -0.3 is 4.74 Å². The number of ketones is 1. The summed E-state index contributed by atoms with van der Waals surface area (Å²) in [6, 6.07) is 15.8. The highest BCUT2D eigenvalue weighted by molar-refractivity contribution is 6.05. The summed E-state index contributed by atoms with van der Waals surface area (Å²) in [5.41, 5.74) is 2.33. The van der Waals surface area contributed by atoms with Crippen LogP contribution >= 0.6 is 0 Å². The van der Waals surface area contributed by atoms with E-state index in [2.05, 4.69) is 6.07 Å². The summed E-state index contributed by atoms with van der Waals surface area (Å²) in [4.78, 5) is 13.1. The molecule has 21 heavy (non-hydrogen) atoms. The lowest BCUT2D eigenvalue weighted by atomic mass is 9.77. The molecule has 0 radical (unpaired) electrons. The largest absolute Gasteiger partial charge is 0.493 e. The molecule has 1 heterocycles. The van der Waals surface area contributed by atoms with Crippen molar-refractivity contribution in [3.63, 3.8) is 0 Å². The first-order valence-electron chi connectivity index (χ1n) is 7.46. The molecular weight excluding hydrogens is 260 g/mol. The predicted molar refractivity (Wildman–Crippen MR) is 84.1 cm³/mol. The van der Waals surface area contributed by atoms with E-state index in [1.807, 2.05) is 56.3 Å². The first kappa shape index (κ1) is 13.9. The molecule has 2 nitrogen and oxygen atoms in total. The molecule has 3 rings (SSSR count). The summed E-state index contributed by atoms with van der Waals surface area (Å²) in [5.74, 6) is 0.908. The molecule has 0 aromatic heterocycles. The highest BCUT2D eigenvalue weighted by Gasteiger charge is 2.33. The number of para-hydroxylation sites is 1. The quantitative estimate of drug-likeness (QED) is 0.789. The van der Waals surface area contributed by atoms with Crippen molar-refractivity contribution in [1.29, 1.82) is 0 Å². The van der Waals surface area contributed by atoms with Crippen LogP contribution in [0.5, 0.6) is 5.75 Å². The summed E-state index contributed by atoms with van der Waals surface area (Å²) in [6.45, 7) is 4.66. The van der Waals surface area contributed by atoms with Gasteiger partial charge in [-0.15, -0.1) is 0 Å². The van der Waals surface area contributed by atoms with E-state index in [0.29, 0.717) is 12.2 Å². The van der Waals surface area contributed by atoms with E-state index in [-0.39, 0.29) is 5.78 Å². The first-order valence-corrected chi connectivity index (χ1v) is 7.46. The third-order valence-electron chi connectivity index (χ3n) is 4.24. The van der Waals surface area contributed by atoms with Gasteiger partial charge in [0.05, 0.1) is 17.6 Å². The zero-order valence-electron chi connectivity index (χ0n) is 12.6. The molecule has 2 aromatic rings. The van der Waals surface area contributed by atoms with Gasteiger partial charge in [0.1, 0.15) is 5.75 Å². The summed E-state index contributed by atoms with van der Waals surface area (Å²) >= 11 is 0. The Balaban J connectivity index is 2.03. The molecule has 108 valence electrons. The van der Waals surface area contributed by atoms with Crippen LogP contribution in [0.2, 0.25) is 0 Å². The van der Waals surface area contributed by atoms with Crippen molar-refractivity contribution in [2.24, 2.45) is 0 Å². The SMILES string of the molecule is CC(C)(C(=O)c1cccc2c1OCCC2)c1ccccc1. The summed E-state index contributed by atoms with van der Waals surface area (Å²) in [7, 11) is 0. The number of hydrogen-bond donors (Lipinski definition) is 0. The van der Waals surface area contributed by atoms with Crippen molar-refractivity contribution in [2.45, 2.75) is 32.1 Å².